The second kappa shape index (κ2) is 12.0. The first kappa shape index (κ1) is 24.3. The fraction of sp³-hybridized carbons (Fsp3) is 0.423. The molecule has 2 aromatic carbocycles. The normalized spacial score (nSPS) is 16.4. The van der Waals surface area contributed by atoms with Crippen LogP contribution in [0.3, 0.4) is 0 Å². The molecule has 0 aromatic heterocycles. The molecular formula is C26H33N3O4. The molecule has 3 amide bonds. The van der Waals surface area contributed by atoms with E-state index >= 15 is 0 Å². The number of nitrogens with zero attached hydrogens (tertiary/aromatic N) is 1. The van der Waals surface area contributed by atoms with Gasteiger partial charge in [0.1, 0.15) is 17.8 Å². The number of unbranched alkanes of at least 4 members (excludes halogenated alkanes) is 1. The van der Waals surface area contributed by atoms with Gasteiger partial charge in [-0.2, -0.15) is 0 Å². The first-order chi connectivity index (χ1) is 16.0. The van der Waals surface area contributed by atoms with Gasteiger partial charge in [0.2, 0.25) is 11.8 Å². The number of nitrogens with one attached hydrogen (secondary N) is 2. The molecule has 1 saturated heterocycles. The standard InChI is InChI=1S/C26H33N3O4/c1-3-4-17-33-21-14-12-20(13-15-21)26(32)29(2)23(18-19-9-6-5-7-10-19)25(31)28-22-11-8-16-27-24(22)30/h5-7,9-10,12-15,22-23H,3-4,8,11,16-18H2,1-2H3,(H,27,30)(H,28,31)/t22-,23-/m0/s1. The molecule has 0 bridgehead atoms. The molecule has 0 radical (unpaired) electrons. The number of likely N-dealkylation sites (N-methyl/N-ethyl adjacent to an activating group) is 1. The molecule has 1 heterocycles. The summed E-state index contributed by atoms with van der Waals surface area (Å²) < 4.78 is 5.67. The minimum atomic E-state index is -0.755. The number of benzene rings is 2. The van der Waals surface area contributed by atoms with Gasteiger partial charge >= 0.3 is 0 Å². The van der Waals surface area contributed by atoms with Gasteiger partial charge in [-0.25, -0.2) is 0 Å². The number of carbonyl (C=O) groups is 3. The average molecular weight is 452 g/mol. The van der Waals surface area contributed by atoms with Crippen molar-refractivity contribution in [2.45, 2.75) is 51.1 Å². The van der Waals surface area contributed by atoms with Crippen LogP contribution in [0.25, 0.3) is 0 Å². The highest BCUT2D eigenvalue weighted by molar-refractivity contribution is 5.98. The van der Waals surface area contributed by atoms with Crippen molar-refractivity contribution in [3.8, 4) is 5.75 Å². The van der Waals surface area contributed by atoms with Crippen molar-refractivity contribution in [2.24, 2.45) is 0 Å². The van der Waals surface area contributed by atoms with Gasteiger partial charge < -0.3 is 20.3 Å². The second-order valence-electron chi connectivity index (χ2n) is 8.34. The number of carbonyl (C=O) groups excluding carboxylic acids is 3. The molecule has 0 aliphatic carbocycles. The SMILES string of the molecule is CCCCOc1ccc(C(=O)N(C)[C@@H](Cc2ccccc2)C(=O)N[C@H]2CCCNC2=O)cc1. The molecule has 0 unspecified atom stereocenters. The van der Waals surface area contributed by atoms with Crippen LogP contribution in [0.5, 0.6) is 5.75 Å². The Morgan fingerprint density at radius 2 is 1.88 bits per heavy atom. The van der Waals surface area contributed by atoms with E-state index in [9.17, 15) is 14.4 Å². The summed E-state index contributed by atoms with van der Waals surface area (Å²) in [4.78, 5) is 40.1. The summed E-state index contributed by atoms with van der Waals surface area (Å²) in [5.41, 5.74) is 1.41. The molecule has 33 heavy (non-hydrogen) atoms. The van der Waals surface area contributed by atoms with E-state index in [-0.39, 0.29) is 17.7 Å². The van der Waals surface area contributed by atoms with E-state index in [4.69, 9.17) is 4.74 Å². The first-order valence-electron chi connectivity index (χ1n) is 11.6. The molecule has 0 saturated carbocycles. The fourth-order valence-corrected chi connectivity index (χ4v) is 3.79. The summed E-state index contributed by atoms with van der Waals surface area (Å²) in [7, 11) is 1.63. The molecule has 2 aromatic rings. The predicted molar refractivity (Wildman–Crippen MR) is 127 cm³/mol. The summed E-state index contributed by atoms with van der Waals surface area (Å²) in [5, 5.41) is 5.63. The molecule has 3 rings (SSSR count). The quantitative estimate of drug-likeness (QED) is 0.544. The van der Waals surface area contributed by atoms with Gasteiger partial charge in [0.15, 0.2) is 0 Å². The zero-order valence-electron chi connectivity index (χ0n) is 19.4. The van der Waals surface area contributed by atoms with E-state index < -0.39 is 12.1 Å². The summed E-state index contributed by atoms with van der Waals surface area (Å²) in [5.74, 6) is -0.0687. The Labute approximate surface area is 195 Å². The van der Waals surface area contributed by atoms with Crippen LogP contribution in [-0.4, -0.2) is 54.9 Å². The van der Waals surface area contributed by atoms with Crippen molar-refractivity contribution in [3.63, 3.8) is 0 Å². The Morgan fingerprint density at radius 3 is 2.55 bits per heavy atom. The minimum absolute atomic E-state index is 0.180. The van der Waals surface area contributed by atoms with Gasteiger partial charge in [0, 0.05) is 25.6 Å². The van der Waals surface area contributed by atoms with Crippen LogP contribution >= 0.6 is 0 Å². The number of rotatable bonds is 10. The Morgan fingerprint density at radius 1 is 1.15 bits per heavy atom. The highest BCUT2D eigenvalue weighted by Gasteiger charge is 2.32. The third-order valence-corrected chi connectivity index (χ3v) is 5.83. The van der Waals surface area contributed by atoms with Crippen LogP contribution in [0.4, 0.5) is 0 Å². The molecule has 176 valence electrons. The lowest BCUT2D eigenvalue weighted by Crippen LogP contribution is -2.56. The third kappa shape index (κ3) is 6.81. The number of piperidine rings is 1. The maximum atomic E-state index is 13.2. The Kier molecular flexibility index (Phi) is 8.87. The number of ether oxygens (including phenoxy) is 1. The number of hydrogen-bond acceptors (Lipinski definition) is 4. The average Bonchev–Trinajstić information content (AvgIpc) is 2.84. The van der Waals surface area contributed by atoms with Crippen molar-refractivity contribution in [2.75, 3.05) is 20.2 Å². The van der Waals surface area contributed by atoms with Crippen molar-refractivity contribution in [1.82, 2.24) is 15.5 Å². The topological polar surface area (TPSA) is 87.7 Å². The molecule has 2 atom stereocenters. The van der Waals surface area contributed by atoms with Gasteiger partial charge in [0.05, 0.1) is 6.61 Å². The van der Waals surface area contributed by atoms with E-state index in [0.717, 1.165) is 24.8 Å². The second-order valence-corrected chi connectivity index (χ2v) is 8.34. The van der Waals surface area contributed by atoms with E-state index in [1.165, 1.54) is 4.90 Å². The fourth-order valence-electron chi connectivity index (χ4n) is 3.79. The molecular weight excluding hydrogens is 418 g/mol. The molecule has 7 heteroatoms. The van der Waals surface area contributed by atoms with E-state index in [1.807, 2.05) is 30.3 Å². The van der Waals surface area contributed by atoms with Crippen LogP contribution in [0.1, 0.15) is 48.5 Å². The van der Waals surface area contributed by atoms with Gasteiger partial charge in [-0.1, -0.05) is 43.7 Å². The molecule has 1 aliphatic heterocycles. The molecule has 2 N–H and O–H groups in total. The smallest absolute Gasteiger partial charge is 0.254 e. The summed E-state index contributed by atoms with van der Waals surface area (Å²) in [6, 6.07) is 15.2. The monoisotopic (exact) mass is 451 g/mol. The summed E-state index contributed by atoms with van der Waals surface area (Å²) in [6.07, 6.45) is 3.77. The lowest BCUT2D eigenvalue weighted by Gasteiger charge is -2.30. The van der Waals surface area contributed by atoms with E-state index in [0.29, 0.717) is 37.3 Å². The lowest BCUT2D eigenvalue weighted by atomic mass is 10.0. The maximum absolute atomic E-state index is 13.2. The van der Waals surface area contributed by atoms with Crippen LogP contribution in [0.15, 0.2) is 54.6 Å². The largest absolute Gasteiger partial charge is 0.494 e. The van der Waals surface area contributed by atoms with Gasteiger partial charge in [-0.15, -0.1) is 0 Å². The van der Waals surface area contributed by atoms with Crippen molar-refractivity contribution in [1.29, 1.82) is 0 Å². The zero-order valence-corrected chi connectivity index (χ0v) is 19.4. The third-order valence-electron chi connectivity index (χ3n) is 5.83. The molecule has 1 aliphatic rings. The lowest BCUT2D eigenvalue weighted by molar-refractivity contribution is -0.132. The van der Waals surface area contributed by atoms with Crippen molar-refractivity contribution in [3.05, 3.63) is 65.7 Å². The van der Waals surface area contributed by atoms with Gasteiger partial charge in [-0.05, 0) is 49.1 Å². The number of amides is 3. The molecule has 0 spiro atoms. The number of hydrogen-bond donors (Lipinski definition) is 2. The van der Waals surface area contributed by atoms with Crippen LogP contribution in [-0.2, 0) is 16.0 Å². The molecule has 1 fully saturated rings. The van der Waals surface area contributed by atoms with Crippen molar-refractivity contribution >= 4 is 17.7 Å². The van der Waals surface area contributed by atoms with Gasteiger partial charge in [-0.3, -0.25) is 14.4 Å². The predicted octanol–water partition coefficient (Wildman–Crippen LogP) is 2.94. The zero-order chi connectivity index (χ0) is 23.6. The Bertz CT molecular complexity index is 930. The van der Waals surface area contributed by atoms with E-state index in [2.05, 4.69) is 17.6 Å². The maximum Gasteiger partial charge on any atom is 0.254 e. The Hall–Kier alpha value is -3.35. The molecule has 7 nitrogen and oxygen atoms in total. The van der Waals surface area contributed by atoms with Crippen LogP contribution in [0, 0.1) is 0 Å². The van der Waals surface area contributed by atoms with Crippen LogP contribution in [0.2, 0.25) is 0 Å². The summed E-state index contributed by atoms with van der Waals surface area (Å²) >= 11 is 0. The van der Waals surface area contributed by atoms with Crippen molar-refractivity contribution < 1.29 is 19.1 Å². The highest BCUT2D eigenvalue weighted by atomic mass is 16.5. The van der Waals surface area contributed by atoms with E-state index in [1.54, 1.807) is 31.3 Å². The first-order valence-corrected chi connectivity index (χ1v) is 11.6. The highest BCUT2D eigenvalue weighted by Crippen LogP contribution is 2.17. The Balaban J connectivity index is 1.74. The van der Waals surface area contributed by atoms with Crippen LogP contribution < -0.4 is 15.4 Å². The minimum Gasteiger partial charge on any atom is -0.494 e. The van der Waals surface area contributed by atoms with Gasteiger partial charge in [0.25, 0.3) is 5.91 Å². The summed E-state index contributed by atoms with van der Waals surface area (Å²) in [6.45, 7) is 3.36.